The van der Waals surface area contributed by atoms with Crippen LogP contribution in [0, 0.1) is 46.4 Å². The summed E-state index contributed by atoms with van der Waals surface area (Å²) in [6, 6.07) is 0. The summed E-state index contributed by atoms with van der Waals surface area (Å²) in [5, 5.41) is 0. The minimum absolute atomic E-state index is 0. The molecule has 1 N–H and O–H groups in total. The second-order valence-electron chi connectivity index (χ2n) is 0.100. The Morgan fingerprint density at radius 3 is 1.75 bits per heavy atom. The second-order valence-corrected chi connectivity index (χ2v) is 0.100. The van der Waals surface area contributed by atoms with Crippen molar-refractivity contribution < 1.29 is 40.8 Å². The Hall–Kier alpha value is 0.661. The van der Waals surface area contributed by atoms with E-state index in [2.05, 4.69) is 0 Å². The first-order valence-electron chi connectivity index (χ1n) is 0.424. The monoisotopic (exact) mass is 185 g/mol. The number of hydrogen-bond donors (Lipinski definition) is 1. The van der Waals surface area contributed by atoms with E-state index >= 15 is 0 Å². The predicted octanol–water partition coefficient (Wildman–Crippen LogP) is 0.875. The molecule has 0 aromatic carbocycles. The van der Waals surface area contributed by atoms with Crippen LogP contribution in [0.1, 0.15) is 0 Å². The van der Waals surface area contributed by atoms with Gasteiger partial charge in [0, 0.05) is 40.8 Å². The molecule has 0 spiro atoms. The molecule has 0 saturated heterocycles. The van der Waals surface area contributed by atoms with E-state index in [9.17, 15) is 0 Å². The Labute approximate surface area is 56.3 Å². The zero-order valence-electron chi connectivity index (χ0n) is 1.89. The van der Waals surface area contributed by atoms with E-state index in [1.54, 1.807) is 4.91 Å². The van der Waals surface area contributed by atoms with Crippen molar-refractivity contribution in [1.82, 2.24) is 0 Å². The van der Waals surface area contributed by atoms with Crippen LogP contribution in [0.4, 0.5) is 0 Å². The van der Waals surface area contributed by atoms with Crippen molar-refractivity contribution >= 4 is 0 Å². The molecule has 0 aliphatic rings. The molecule has 0 aliphatic heterocycles. The fraction of sp³-hybridized carbons (Fsp3) is 0. The largest absolute Gasteiger partial charge is 0.108 e. The van der Waals surface area contributed by atoms with Crippen molar-refractivity contribution in [2.24, 2.45) is 0 Å². The Bertz CT molecular complexity index is 24.3. The maximum absolute atomic E-state index is 6.86. The maximum Gasteiger partial charge on any atom is 0 e. The number of rotatable bonds is 0. The zero-order chi connectivity index (χ0) is 2.71. The molecule has 4 heavy (non-hydrogen) atoms. The third kappa shape index (κ3) is 16.8. The summed E-state index contributed by atoms with van der Waals surface area (Å²) in [6.45, 7) is 0. The van der Waals surface area contributed by atoms with Crippen LogP contribution in [0.3, 0.4) is 0 Å². The van der Waals surface area contributed by atoms with E-state index in [0.717, 1.165) is 0 Å². The van der Waals surface area contributed by atoms with Gasteiger partial charge < -0.3 is 0 Å². The van der Waals surface area contributed by atoms with Gasteiger partial charge in [-0.2, -0.15) is 0 Å². The van der Waals surface area contributed by atoms with Gasteiger partial charge in [0.25, 0.3) is 0 Å². The summed E-state index contributed by atoms with van der Waals surface area (Å²) in [4.78, 5) is 1.75. The molecule has 0 heterocycles. The van der Waals surface area contributed by atoms with Crippen molar-refractivity contribution in [2.45, 2.75) is 0 Å². The predicted molar refractivity (Wildman–Crippen MR) is 9.44 cm³/mol. The molecule has 0 amide bonds. The number of nitrogens with one attached hydrogen (secondary N) is 1. The topological polar surface area (TPSA) is 60.3 Å². The van der Waals surface area contributed by atoms with Gasteiger partial charge in [-0.15, -0.1) is 5.53 Å². The molecule has 0 aromatic heterocycles. The zero-order valence-corrected chi connectivity index (χ0v) is 5.10. The third-order valence-electron chi connectivity index (χ3n) is 0. The van der Waals surface area contributed by atoms with Crippen LogP contribution in [0.25, 0.3) is 10.4 Å². The van der Waals surface area contributed by atoms with Crippen LogP contribution in [0.5, 0.6) is 0 Å². The molecule has 0 aliphatic carbocycles. The van der Waals surface area contributed by atoms with Crippen LogP contribution in [-0.2, 0) is 0 Å². The standard InChI is InChI=1S/HN3.Nd/c1-3-2;/h1H;. The molecule has 0 atom stereocenters. The van der Waals surface area contributed by atoms with E-state index in [0.29, 0.717) is 0 Å². The van der Waals surface area contributed by atoms with Crippen LogP contribution in [-0.4, -0.2) is 0 Å². The summed E-state index contributed by atoms with van der Waals surface area (Å²) >= 11 is 0. The molecule has 0 radical (unpaired) electrons. The van der Waals surface area contributed by atoms with Gasteiger partial charge in [-0.1, -0.05) is 0 Å². The van der Waals surface area contributed by atoms with Crippen molar-refractivity contribution in [2.75, 3.05) is 0 Å². The molecule has 0 unspecified atom stereocenters. The van der Waals surface area contributed by atoms with Gasteiger partial charge in [0.2, 0.25) is 0 Å². The first kappa shape index (κ1) is 8.82. The van der Waals surface area contributed by atoms with Crippen LogP contribution in [0.2, 0.25) is 0 Å². The molecule has 0 bridgehead atoms. The first-order chi connectivity index (χ1) is 1.41. The second kappa shape index (κ2) is 9.40. The van der Waals surface area contributed by atoms with Gasteiger partial charge in [-0.25, -0.2) is 0 Å². The Morgan fingerprint density at radius 1 is 1.75 bits per heavy atom. The summed E-state index contributed by atoms with van der Waals surface area (Å²) in [5.74, 6) is 0. The Kier molecular flexibility index (Phi) is 20.7. The molecule has 20 valence electrons. The van der Waals surface area contributed by atoms with Gasteiger partial charge >= 0.3 is 0 Å². The average molecular weight is 187 g/mol. The van der Waals surface area contributed by atoms with Crippen molar-refractivity contribution in [3.8, 4) is 0 Å². The summed E-state index contributed by atoms with van der Waals surface area (Å²) in [5.41, 5.74) is 12.2. The van der Waals surface area contributed by atoms with Crippen LogP contribution in [0.15, 0.2) is 0 Å². The molecular formula is HN3Nd. The number of nitrogens with zero attached hydrogens (tertiary/aromatic N) is 2. The normalized spacial score (nSPS) is 2.00. The van der Waals surface area contributed by atoms with E-state index < -0.39 is 0 Å². The van der Waals surface area contributed by atoms with Gasteiger partial charge in [0.1, 0.15) is 0 Å². The number of hydrogen-bond acceptors (Lipinski definition) is 1. The Balaban J connectivity index is 0. The van der Waals surface area contributed by atoms with Crippen molar-refractivity contribution in [3.63, 3.8) is 0 Å². The molecular weight excluding hydrogens is 186 g/mol. The molecule has 4 heteroatoms. The average Bonchev–Trinajstić information content (AvgIpc) is 0.918. The van der Waals surface area contributed by atoms with E-state index in [-0.39, 0.29) is 40.8 Å². The quantitative estimate of drug-likeness (QED) is 0.332. The Morgan fingerprint density at radius 2 is 1.75 bits per heavy atom. The van der Waals surface area contributed by atoms with Gasteiger partial charge in [-0.3, -0.25) is 0 Å². The fourth-order valence-corrected chi connectivity index (χ4v) is 0. The minimum Gasteiger partial charge on any atom is -0.108 e. The van der Waals surface area contributed by atoms with Gasteiger partial charge in [0.05, 0.1) is 0 Å². The summed E-state index contributed by atoms with van der Waals surface area (Å²) < 4.78 is 0. The SMILES string of the molecule is [N-]=[N+]=N.[Nd]. The van der Waals surface area contributed by atoms with Crippen molar-refractivity contribution in [1.29, 1.82) is 5.53 Å². The van der Waals surface area contributed by atoms with E-state index in [4.69, 9.17) is 11.1 Å². The molecule has 0 aromatic rings. The van der Waals surface area contributed by atoms with Crippen LogP contribution >= 0.6 is 0 Å². The van der Waals surface area contributed by atoms with Crippen molar-refractivity contribution in [3.05, 3.63) is 10.4 Å². The molecule has 0 rings (SSSR count). The fourth-order valence-electron chi connectivity index (χ4n) is 0. The maximum atomic E-state index is 6.86. The van der Waals surface area contributed by atoms with E-state index in [1.807, 2.05) is 0 Å². The molecule has 0 saturated carbocycles. The summed E-state index contributed by atoms with van der Waals surface area (Å²) in [7, 11) is 0. The summed E-state index contributed by atoms with van der Waals surface area (Å²) in [6.07, 6.45) is 0. The minimum atomic E-state index is 0. The smallest absolute Gasteiger partial charge is 0 e. The molecule has 3 nitrogen and oxygen atoms in total. The van der Waals surface area contributed by atoms with Gasteiger partial charge in [0.15, 0.2) is 0 Å². The van der Waals surface area contributed by atoms with Crippen LogP contribution < -0.4 is 0 Å². The molecule has 0 fully saturated rings. The first-order valence-corrected chi connectivity index (χ1v) is 0.424. The third-order valence-corrected chi connectivity index (χ3v) is 0. The van der Waals surface area contributed by atoms with Gasteiger partial charge in [-0.05, 0) is 10.4 Å². The van der Waals surface area contributed by atoms with E-state index in [1.165, 1.54) is 0 Å².